The van der Waals surface area contributed by atoms with E-state index in [4.69, 9.17) is 4.52 Å². The summed E-state index contributed by atoms with van der Waals surface area (Å²) in [4.78, 5) is 24.7. The number of piperazine rings is 1. The highest BCUT2D eigenvalue weighted by atomic mass is 32.1. The van der Waals surface area contributed by atoms with E-state index in [1.54, 1.807) is 23.6 Å². The van der Waals surface area contributed by atoms with Crippen LogP contribution in [0.25, 0.3) is 10.7 Å². The van der Waals surface area contributed by atoms with E-state index < -0.39 is 0 Å². The quantitative estimate of drug-likeness (QED) is 0.487. The van der Waals surface area contributed by atoms with Gasteiger partial charge in [0.15, 0.2) is 0 Å². The number of hydrogen-bond acceptors (Lipinski definition) is 9. The SMILES string of the molecule is CC(c1nc(-c2cccs2)no1)N1CCN(c2ncccc2[N+](=O)[O-])CC1. The second kappa shape index (κ2) is 7.41. The molecule has 1 unspecified atom stereocenters. The van der Waals surface area contributed by atoms with Gasteiger partial charge in [0.05, 0.1) is 15.8 Å². The number of aromatic nitrogens is 3. The minimum Gasteiger partial charge on any atom is -0.348 e. The first-order valence-corrected chi connectivity index (χ1v) is 9.47. The van der Waals surface area contributed by atoms with Gasteiger partial charge in [-0.3, -0.25) is 15.0 Å². The molecule has 3 aromatic rings. The lowest BCUT2D eigenvalue weighted by Crippen LogP contribution is -2.47. The molecule has 0 amide bonds. The monoisotopic (exact) mass is 386 g/mol. The third-order valence-electron chi connectivity index (χ3n) is 4.66. The highest BCUT2D eigenvalue weighted by Crippen LogP contribution is 2.29. The van der Waals surface area contributed by atoms with Crippen LogP contribution in [0.4, 0.5) is 11.5 Å². The van der Waals surface area contributed by atoms with Crippen LogP contribution in [0.3, 0.4) is 0 Å². The first kappa shape index (κ1) is 17.6. The summed E-state index contributed by atoms with van der Waals surface area (Å²) in [5, 5.41) is 17.3. The number of hydrogen-bond donors (Lipinski definition) is 0. The largest absolute Gasteiger partial charge is 0.348 e. The van der Waals surface area contributed by atoms with E-state index in [1.165, 1.54) is 6.07 Å². The summed E-state index contributed by atoms with van der Waals surface area (Å²) >= 11 is 1.57. The van der Waals surface area contributed by atoms with Gasteiger partial charge in [-0.05, 0) is 24.4 Å². The van der Waals surface area contributed by atoms with Crippen LogP contribution in [0.2, 0.25) is 0 Å². The molecule has 1 aliphatic heterocycles. The average molecular weight is 386 g/mol. The van der Waals surface area contributed by atoms with Crippen LogP contribution in [0.1, 0.15) is 18.9 Å². The van der Waals surface area contributed by atoms with Gasteiger partial charge < -0.3 is 9.42 Å². The Bertz CT molecular complexity index is 920. The number of thiophene rings is 1. The smallest absolute Gasteiger partial charge is 0.311 e. The van der Waals surface area contributed by atoms with Crippen molar-refractivity contribution >= 4 is 22.8 Å². The Kier molecular flexibility index (Phi) is 4.82. The molecule has 0 spiro atoms. The van der Waals surface area contributed by atoms with Gasteiger partial charge in [-0.15, -0.1) is 11.3 Å². The van der Waals surface area contributed by atoms with E-state index in [1.807, 2.05) is 29.3 Å². The summed E-state index contributed by atoms with van der Waals surface area (Å²) in [7, 11) is 0. The number of pyridine rings is 1. The van der Waals surface area contributed by atoms with Crippen LogP contribution < -0.4 is 4.90 Å². The molecule has 1 fully saturated rings. The molecule has 0 N–H and O–H groups in total. The lowest BCUT2D eigenvalue weighted by atomic mass is 10.2. The van der Waals surface area contributed by atoms with E-state index in [2.05, 4.69) is 20.0 Å². The molecule has 1 saturated heterocycles. The normalized spacial score (nSPS) is 16.4. The summed E-state index contributed by atoms with van der Waals surface area (Å²) in [6.45, 7) is 4.78. The third-order valence-corrected chi connectivity index (χ3v) is 5.53. The van der Waals surface area contributed by atoms with Crippen molar-refractivity contribution in [3.05, 3.63) is 51.8 Å². The molecular weight excluding hydrogens is 368 g/mol. The predicted octanol–water partition coefficient (Wildman–Crippen LogP) is 2.98. The first-order valence-electron chi connectivity index (χ1n) is 8.59. The molecule has 0 bridgehead atoms. The van der Waals surface area contributed by atoms with Gasteiger partial charge in [0.2, 0.25) is 17.5 Å². The van der Waals surface area contributed by atoms with E-state index in [9.17, 15) is 10.1 Å². The van der Waals surface area contributed by atoms with Gasteiger partial charge >= 0.3 is 5.69 Å². The Labute approximate surface area is 159 Å². The van der Waals surface area contributed by atoms with E-state index in [0.717, 1.165) is 18.0 Å². The van der Waals surface area contributed by atoms with Gasteiger partial charge in [0, 0.05) is 38.4 Å². The second-order valence-corrected chi connectivity index (χ2v) is 7.18. The molecule has 0 saturated carbocycles. The molecule has 10 heteroatoms. The van der Waals surface area contributed by atoms with Gasteiger partial charge in [0.1, 0.15) is 0 Å². The fourth-order valence-electron chi connectivity index (χ4n) is 3.16. The topological polar surface area (TPSA) is 101 Å². The van der Waals surface area contributed by atoms with Crippen molar-refractivity contribution in [1.29, 1.82) is 0 Å². The molecule has 4 heterocycles. The summed E-state index contributed by atoms with van der Waals surface area (Å²) in [5.41, 5.74) is 0.0384. The lowest BCUT2D eigenvalue weighted by Gasteiger charge is -2.37. The van der Waals surface area contributed by atoms with Crippen molar-refractivity contribution in [3.8, 4) is 10.7 Å². The third kappa shape index (κ3) is 3.53. The molecule has 27 heavy (non-hydrogen) atoms. The summed E-state index contributed by atoms with van der Waals surface area (Å²) in [5.74, 6) is 1.61. The van der Waals surface area contributed by atoms with Crippen molar-refractivity contribution in [1.82, 2.24) is 20.0 Å². The second-order valence-electron chi connectivity index (χ2n) is 6.24. The molecule has 140 valence electrons. The van der Waals surface area contributed by atoms with E-state index in [0.29, 0.717) is 30.6 Å². The Morgan fingerprint density at radius 3 is 2.78 bits per heavy atom. The van der Waals surface area contributed by atoms with Crippen molar-refractivity contribution < 1.29 is 9.45 Å². The molecule has 9 nitrogen and oxygen atoms in total. The van der Waals surface area contributed by atoms with Gasteiger partial charge in [-0.2, -0.15) is 4.98 Å². The highest BCUT2D eigenvalue weighted by molar-refractivity contribution is 7.13. The van der Waals surface area contributed by atoms with E-state index in [-0.39, 0.29) is 16.7 Å². The molecule has 3 aromatic heterocycles. The van der Waals surface area contributed by atoms with Crippen LogP contribution in [-0.4, -0.2) is 51.1 Å². The van der Waals surface area contributed by atoms with Crippen molar-refractivity contribution in [2.24, 2.45) is 0 Å². The number of nitrogens with zero attached hydrogens (tertiary/aromatic N) is 6. The number of nitro groups is 1. The standard InChI is InChI=1S/C17H18N6O3S/c1-12(17-19-15(20-26-17)14-5-3-11-27-14)21-7-9-22(10-8-21)16-13(23(24)25)4-2-6-18-16/h2-6,11-12H,7-10H2,1H3. The molecule has 1 atom stereocenters. The fourth-order valence-corrected chi connectivity index (χ4v) is 3.81. The van der Waals surface area contributed by atoms with Crippen LogP contribution in [0.5, 0.6) is 0 Å². The minimum absolute atomic E-state index is 0.0212. The number of anilines is 1. The first-order chi connectivity index (χ1) is 13.1. The highest BCUT2D eigenvalue weighted by Gasteiger charge is 2.29. The maximum Gasteiger partial charge on any atom is 0.311 e. The average Bonchev–Trinajstić information content (AvgIpc) is 3.39. The van der Waals surface area contributed by atoms with Crippen molar-refractivity contribution in [3.63, 3.8) is 0 Å². The number of rotatable bonds is 5. The summed E-state index contributed by atoms with van der Waals surface area (Å²) < 4.78 is 5.45. The Morgan fingerprint density at radius 2 is 2.07 bits per heavy atom. The van der Waals surface area contributed by atoms with Gasteiger partial charge in [0.25, 0.3) is 0 Å². The minimum atomic E-state index is -0.387. The van der Waals surface area contributed by atoms with Crippen LogP contribution in [0, 0.1) is 10.1 Å². The fraction of sp³-hybridized carbons (Fsp3) is 0.353. The predicted molar refractivity (Wildman–Crippen MR) is 101 cm³/mol. The molecule has 4 rings (SSSR count). The Morgan fingerprint density at radius 1 is 1.26 bits per heavy atom. The van der Waals surface area contributed by atoms with Crippen molar-refractivity contribution in [2.75, 3.05) is 31.1 Å². The van der Waals surface area contributed by atoms with E-state index >= 15 is 0 Å². The molecule has 0 radical (unpaired) electrons. The van der Waals surface area contributed by atoms with Crippen molar-refractivity contribution in [2.45, 2.75) is 13.0 Å². The maximum atomic E-state index is 11.2. The maximum absolute atomic E-state index is 11.2. The zero-order chi connectivity index (χ0) is 18.8. The van der Waals surface area contributed by atoms with Crippen LogP contribution in [-0.2, 0) is 0 Å². The Balaban J connectivity index is 1.43. The zero-order valence-corrected chi connectivity index (χ0v) is 15.5. The molecular formula is C17H18N6O3S. The van der Waals surface area contributed by atoms with Gasteiger partial charge in [-0.25, -0.2) is 4.98 Å². The Hall–Kier alpha value is -2.85. The van der Waals surface area contributed by atoms with Crippen LogP contribution in [0.15, 0.2) is 40.4 Å². The molecule has 0 aliphatic carbocycles. The van der Waals surface area contributed by atoms with Crippen LogP contribution >= 0.6 is 11.3 Å². The lowest BCUT2D eigenvalue weighted by molar-refractivity contribution is -0.384. The van der Waals surface area contributed by atoms with Gasteiger partial charge in [-0.1, -0.05) is 11.2 Å². The molecule has 1 aliphatic rings. The zero-order valence-electron chi connectivity index (χ0n) is 14.7. The summed E-state index contributed by atoms with van der Waals surface area (Å²) in [6, 6.07) is 6.97. The molecule has 0 aromatic carbocycles. The summed E-state index contributed by atoms with van der Waals surface area (Å²) in [6.07, 6.45) is 1.59.